The number of nitrogens with zero attached hydrogens (tertiary/aromatic N) is 1. The van der Waals surface area contributed by atoms with E-state index < -0.39 is 0 Å². The molecule has 0 atom stereocenters. The molecule has 2 rings (SSSR count). The lowest BCUT2D eigenvalue weighted by atomic mass is 10.1. The minimum atomic E-state index is 0.395. The van der Waals surface area contributed by atoms with Gasteiger partial charge in [0, 0.05) is 25.0 Å². The lowest BCUT2D eigenvalue weighted by Gasteiger charge is -2.31. The van der Waals surface area contributed by atoms with Crippen molar-refractivity contribution < 1.29 is 4.79 Å². The highest BCUT2D eigenvalue weighted by Crippen LogP contribution is 2.31. The Morgan fingerprint density at radius 2 is 1.85 bits per heavy atom. The first kappa shape index (κ1) is 9.00. The van der Waals surface area contributed by atoms with Crippen molar-refractivity contribution in [3.05, 3.63) is 0 Å². The average molecular weight is 182 g/mol. The Balaban J connectivity index is 1.79. The quantitative estimate of drug-likeness (QED) is 0.678. The van der Waals surface area contributed by atoms with Gasteiger partial charge < -0.3 is 10.2 Å². The highest BCUT2D eigenvalue weighted by atomic mass is 16.2. The summed E-state index contributed by atoms with van der Waals surface area (Å²) in [5.74, 6) is 0.806. The number of hydrogen-bond acceptors (Lipinski definition) is 2. The second-order valence-electron chi connectivity index (χ2n) is 4.16. The van der Waals surface area contributed by atoms with Crippen molar-refractivity contribution >= 4 is 5.91 Å². The number of rotatable bonds is 2. The molecule has 2 aliphatic rings. The van der Waals surface area contributed by atoms with E-state index in [2.05, 4.69) is 5.32 Å². The van der Waals surface area contributed by atoms with Crippen molar-refractivity contribution in [1.82, 2.24) is 10.2 Å². The average Bonchev–Trinajstić information content (AvgIpc) is 3.00. The lowest BCUT2D eigenvalue weighted by Crippen LogP contribution is -2.44. The molecule has 3 heteroatoms. The lowest BCUT2D eigenvalue weighted by molar-refractivity contribution is -0.133. The van der Waals surface area contributed by atoms with Crippen molar-refractivity contribution in [1.29, 1.82) is 0 Å². The first-order valence-electron chi connectivity index (χ1n) is 5.27. The topological polar surface area (TPSA) is 32.3 Å². The van der Waals surface area contributed by atoms with Gasteiger partial charge in [-0.2, -0.15) is 0 Å². The van der Waals surface area contributed by atoms with Crippen molar-refractivity contribution in [2.45, 2.75) is 31.7 Å². The van der Waals surface area contributed by atoms with Crippen LogP contribution in [0.2, 0.25) is 0 Å². The Bertz CT molecular complexity index is 193. The van der Waals surface area contributed by atoms with Crippen LogP contribution in [0.5, 0.6) is 0 Å². The minimum absolute atomic E-state index is 0.395. The van der Waals surface area contributed by atoms with Crippen LogP contribution in [0.3, 0.4) is 0 Å². The maximum Gasteiger partial charge on any atom is 0.225 e. The maximum absolute atomic E-state index is 11.7. The van der Waals surface area contributed by atoms with Gasteiger partial charge in [-0.05, 0) is 32.7 Å². The van der Waals surface area contributed by atoms with Crippen LogP contribution in [-0.4, -0.2) is 37.0 Å². The smallest absolute Gasteiger partial charge is 0.225 e. The fourth-order valence-electron chi connectivity index (χ4n) is 1.98. The predicted octanol–water partition coefficient (Wildman–Crippen LogP) is 0.607. The van der Waals surface area contributed by atoms with Crippen LogP contribution >= 0.6 is 0 Å². The maximum atomic E-state index is 11.7. The van der Waals surface area contributed by atoms with Gasteiger partial charge in [0.05, 0.1) is 0 Å². The summed E-state index contributed by atoms with van der Waals surface area (Å²) in [5.41, 5.74) is 0. The summed E-state index contributed by atoms with van der Waals surface area (Å²) in [6.07, 6.45) is 4.50. The van der Waals surface area contributed by atoms with Gasteiger partial charge in [0.15, 0.2) is 0 Å². The Kier molecular flexibility index (Phi) is 2.54. The molecule has 0 aromatic carbocycles. The molecule has 1 amide bonds. The van der Waals surface area contributed by atoms with E-state index in [1.165, 1.54) is 0 Å². The number of amides is 1. The van der Waals surface area contributed by atoms with Crippen LogP contribution in [-0.2, 0) is 4.79 Å². The molecule has 13 heavy (non-hydrogen) atoms. The third-order valence-corrected chi connectivity index (χ3v) is 3.14. The zero-order chi connectivity index (χ0) is 9.26. The molecule has 0 unspecified atom stereocenters. The summed E-state index contributed by atoms with van der Waals surface area (Å²) in [4.78, 5) is 13.7. The zero-order valence-electron chi connectivity index (χ0n) is 8.25. The highest BCUT2D eigenvalue weighted by Gasteiger charge is 2.34. The molecule has 3 nitrogen and oxygen atoms in total. The summed E-state index contributed by atoms with van der Waals surface area (Å²) in [5, 5.41) is 3.27. The molecule has 0 aromatic heterocycles. The summed E-state index contributed by atoms with van der Waals surface area (Å²) in [6.45, 7) is 1.92. The monoisotopic (exact) mass is 182 g/mol. The second-order valence-corrected chi connectivity index (χ2v) is 4.16. The normalized spacial score (nSPS) is 24.8. The molecule has 0 aromatic rings. The molecule has 74 valence electrons. The molecule has 0 spiro atoms. The molecule has 1 aliphatic carbocycles. The summed E-state index contributed by atoms with van der Waals surface area (Å²) in [7, 11) is 2.00. The summed E-state index contributed by atoms with van der Waals surface area (Å²) < 4.78 is 0. The molecule has 1 saturated heterocycles. The molecule has 0 bridgehead atoms. The second kappa shape index (κ2) is 3.66. The van der Waals surface area contributed by atoms with Gasteiger partial charge in [-0.25, -0.2) is 0 Å². The molecule has 1 heterocycles. The van der Waals surface area contributed by atoms with Crippen LogP contribution in [0, 0.1) is 5.92 Å². The van der Waals surface area contributed by atoms with E-state index in [-0.39, 0.29) is 0 Å². The Morgan fingerprint density at radius 3 is 2.31 bits per heavy atom. The minimum Gasteiger partial charge on any atom is -0.342 e. The van der Waals surface area contributed by atoms with Gasteiger partial charge in [-0.3, -0.25) is 4.79 Å². The molecule has 0 radical (unpaired) electrons. The van der Waals surface area contributed by atoms with Crippen LogP contribution in [0.25, 0.3) is 0 Å². The number of nitrogens with one attached hydrogen (secondary N) is 1. The Hall–Kier alpha value is -0.570. The van der Waals surface area contributed by atoms with E-state index >= 15 is 0 Å². The molecule has 2 fully saturated rings. The van der Waals surface area contributed by atoms with E-state index in [4.69, 9.17) is 0 Å². The van der Waals surface area contributed by atoms with E-state index in [1.807, 2.05) is 11.9 Å². The van der Waals surface area contributed by atoms with Gasteiger partial charge >= 0.3 is 0 Å². The number of piperidine rings is 1. The fourth-order valence-corrected chi connectivity index (χ4v) is 1.98. The summed E-state index contributed by atoms with van der Waals surface area (Å²) in [6, 6.07) is 0.628. The number of carbonyl (C=O) groups is 1. The third kappa shape index (κ3) is 2.02. The molecular weight excluding hydrogens is 164 g/mol. The molecule has 1 saturated carbocycles. The van der Waals surface area contributed by atoms with Gasteiger partial charge in [0.25, 0.3) is 0 Å². The largest absolute Gasteiger partial charge is 0.342 e. The molecule has 1 N–H and O–H groups in total. The SMILES string of the molecule is CNC1CCN(C(=O)C2CC2)CC1. The van der Waals surface area contributed by atoms with Crippen molar-refractivity contribution in [3.63, 3.8) is 0 Å². The van der Waals surface area contributed by atoms with Crippen LogP contribution in [0.4, 0.5) is 0 Å². The first-order chi connectivity index (χ1) is 6.31. The first-order valence-corrected chi connectivity index (χ1v) is 5.27. The Morgan fingerprint density at radius 1 is 1.23 bits per heavy atom. The van der Waals surface area contributed by atoms with Gasteiger partial charge in [0.2, 0.25) is 5.91 Å². The Labute approximate surface area is 79.5 Å². The van der Waals surface area contributed by atoms with Gasteiger partial charge in [-0.1, -0.05) is 0 Å². The third-order valence-electron chi connectivity index (χ3n) is 3.14. The standard InChI is InChI=1S/C10H18N2O/c1-11-9-4-6-12(7-5-9)10(13)8-2-3-8/h8-9,11H,2-7H2,1H3. The van der Waals surface area contributed by atoms with Crippen LogP contribution in [0.15, 0.2) is 0 Å². The molecule has 1 aliphatic heterocycles. The van der Waals surface area contributed by atoms with Crippen LogP contribution in [0.1, 0.15) is 25.7 Å². The molecular formula is C10H18N2O. The predicted molar refractivity (Wildman–Crippen MR) is 51.4 cm³/mol. The van der Waals surface area contributed by atoms with Crippen molar-refractivity contribution in [2.75, 3.05) is 20.1 Å². The van der Waals surface area contributed by atoms with E-state index in [0.717, 1.165) is 38.8 Å². The zero-order valence-corrected chi connectivity index (χ0v) is 8.25. The number of carbonyl (C=O) groups excluding carboxylic acids is 1. The van der Waals surface area contributed by atoms with E-state index in [9.17, 15) is 4.79 Å². The highest BCUT2D eigenvalue weighted by molar-refractivity contribution is 5.81. The van der Waals surface area contributed by atoms with Crippen LogP contribution < -0.4 is 5.32 Å². The number of likely N-dealkylation sites (tertiary alicyclic amines) is 1. The number of hydrogen-bond donors (Lipinski definition) is 1. The van der Waals surface area contributed by atoms with Gasteiger partial charge in [0.1, 0.15) is 0 Å². The van der Waals surface area contributed by atoms with Gasteiger partial charge in [-0.15, -0.1) is 0 Å². The van der Waals surface area contributed by atoms with Crippen molar-refractivity contribution in [2.24, 2.45) is 5.92 Å². The fraction of sp³-hybridized carbons (Fsp3) is 0.900. The van der Waals surface area contributed by atoms with Crippen molar-refractivity contribution in [3.8, 4) is 0 Å². The van der Waals surface area contributed by atoms with E-state index in [0.29, 0.717) is 17.9 Å². The summed E-state index contributed by atoms with van der Waals surface area (Å²) >= 11 is 0. The van der Waals surface area contributed by atoms with E-state index in [1.54, 1.807) is 0 Å².